The van der Waals surface area contributed by atoms with Crippen molar-refractivity contribution >= 4 is 27.9 Å². The highest BCUT2D eigenvalue weighted by atomic mass is 19.1. The van der Waals surface area contributed by atoms with Gasteiger partial charge in [0.05, 0.1) is 6.04 Å². The van der Waals surface area contributed by atoms with Gasteiger partial charge >= 0.3 is 0 Å². The summed E-state index contributed by atoms with van der Waals surface area (Å²) in [5.74, 6) is 0.711. The molecule has 2 atom stereocenters. The predicted octanol–water partition coefficient (Wildman–Crippen LogP) is 5.16. The third kappa shape index (κ3) is 6.24. The fourth-order valence-corrected chi connectivity index (χ4v) is 4.65. The Bertz CT molecular complexity index is 1030. The second kappa shape index (κ2) is 11.0. The summed E-state index contributed by atoms with van der Waals surface area (Å²) in [5.41, 5.74) is 4.27. The normalized spacial score (nSPS) is 19.1. The number of hydrogen-bond acceptors (Lipinski definition) is 5. The van der Waals surface area contributed by atoms with Crippen molar-refractivity contribution in [3.8, 4) is 0 Å². The Morgan fingerprint density at radius 1 is 1.21 bits per heavy atom. The number of halogens is 2. The first-order valence-corrected chi connectivity index (χ1v) is 11.7. The molecule has 3 heterocycles. The molecule has 1 aromatic heterocycles. The predicted molar refractivity (Wildman–Crippen MR) is 133 cm³/mol. The van der Waals surface area contributed by atoms with Gasteiger partial charge in [-0.15, -0.1) is 0 Å². The number of pyridine rings is 1. The van der Waals surface area contributed by atoms with Crippen LogP contribution in [-0.4, -0.2) is 48.7 Å². The molecule has 7 heteroatoms. The summed E-state index contributed by atoms with van der Waals surface area (Å²) >= 11 is 0. The molecule has 2 aliphatic rings. The van der Waals surface area contributed by atoms with Gasteiger partial charge in [-0.05, 0) is 61.4 Å². The van der Waals surface area contributed by atoms with Gasteiger partial charge in [0, 0.05) is 54.1 Å². The molecule has 0 radical (unpaired) electrons. The highest BCUT2D eigenvalue weighted by Gasteiger charge is 2.23. The van der Waals surface area contributed by atoms with Crippen molar-refractivity contribution in [2.45, 2.75) is 57.2 Å². The molecule has 1 saturated heterocycles. The van der Waals surface area contributed by atoms with Crippen LogP contribution in [0.3, 0.4) is 0 Å². The van der Waals surface area contributed by atoms with E-state index in [2.05, 4.69) is 50.7 Å². The molecule has 5 nitrogen and oxygen atoms in total. The topological polar surface area (TPSA) is 61.3 Å². The zero-order valence-corrected chi connectivity index (χ0v) is 19.2. The molecular formula is C26H33F2N5. The Labute approximate surface area is 194 Å². The van der Waals surface area contributed by atoms with Gasteiger partial charge in [0.25, 0.3) is 0 Å². The van der Waals surface area contributed by atoms with E-state index in [1.54, 1.807) is 0 Å². The van der Waals surface area contributed by atoms with Crippen LogP contribution in [0, 0.1) is 0 Å². The third-order valence-electron chi connectivity index (χ3n) is 6.35. The molecule has 0 spiro atoms. The number of nitrogens with zero attached hydrogens (tertiary/aromatic N) is 2. The van der Waals surface area contributed by atoms with Crippen LogP contribution in [-0.2, 0) is 0 Å². The summed E-state index contributed by atoms with van der Waals surface area (Å²) in [7, 11) is 0. The molecule has 0 bridgehead atoms. The van der Waals surface area contributed by atoms with E-state index in [0.29, 0.717) is 18.3 Å². The van der Waals surface area contributed by atoms with E-state index in [9.17, 15) is 8.78 Å². The lowest BCUT2D eigenvalue weighted by Crippen LogP contribution is -2.44. The average Bonchev–Trinajstić information content (AvgIpc) is 3.48. The summed E-state index contributed by atoms with van der Waals surface area (Å²) in [6.07, 6.45) is 8.26. The van der Waals surface area contributed by atoms with Crippen molar-refractivity contribution in [3.05, 3.63) is 54.5 Å². The van der Waals surface area contributed by atoms with Crippen molar-refractivity contribution < 1.29 is 8.78 Å². The lowest BCUT2D eigenvalue weighted by molar-refractivity contribution is 0.271. The number of aliphatic imine (C=N–C) groups is 1. The molecule has 1 aromatic carbocycles. The summed E-state index contributed by atoms with van der Waals surface area (Å²) in [6.45, 7) is 5.76. The Balaban J connectivity index is 1.43. The first-order valence-electron chi connectivity index (χ1n) is 11.7. The fraction of sp³-hybridized carbons (Fsp3) is 0.462. The van der Waals surface area contributed by atoms with Crippen molar-refractivity contribution in [3.63, 3.8) is 0 Å². The largest absolute Gasteiger partial charge is 0.344 e. The molecule has 2 unspecified atom stereocenters. The van der Waals surface area contributed by atoms with Crippen molar-refractivity contribution in [2.24, 2.45) is 4.99 Å². The minimum Gasteiger partial charge on any atom is -0.344 e. The first-order chi connectivity index (χ1) is 16.0. The quantitative estimate of drug-likeness (QED) is 0.440. The molecule has 33 heavy (non-hydrogen) atoms. The Kier molecular flexibility index (Phi) is 7.83. The van der Waals surface area contributed by atoms with Crippen LogP contribution in [0.25, 0.3) is 16.3 Å². The maximum Gasteiger partial charge on any atom is 0.130 e. The molecule has 0 saturated carbocycles. The van der Waals surface area contributed by atoms with Crippen LogP contribution in [0.5, 0.6) is 0 Å². The molecule has 3 N–H and O–H groups in total. The average molecular weight is 454 g/mol. The summed E-state index contributed by atoms with van der Waals surface area (Å²) in [6, 6.07) is 7.88. The SMILES string of the molecule is C=C(CC(CC1CCCN1)NC(CF)CF)Nc1cc2cc(C3=CN=C(C)C3)ccc2cn1. The Morgan fingerprint density at radius 2 is 2.06 bits per heavy atom. The van der Waals surface area contributed by atoms with Gasteiger partial charge in [-0.3, -0.25) is 4.99 Å². The highest BCUT2D eigenvalue weighted by molar-refractivity contribution is 5.98. The fourth-order valence-electron chi connectivity index (χ4n) is 4.65. The van der Waals surface area contributed by atoms with E-state index in [0.717, 1.165) is 60.0 Å². The number of rotatable bonds is 11. The van der Waals surface area contributed by atoms with E-state index in [1.165, 1.54) is 5.57 Å². The molecule has 0 aliphatic carbocycles. The van der Waals surface area contributed by atoms with Gasteiger partial charge < -0.3 is 16.0 Å². The second-order valence-electron chi connectivity index (χ2n) is 9.16. The first kappa shape index (κ1) is 23.5. The number of nitrogens with one attached hydrogen (secondary N) is 3. The number of benzene rings is 1. The zero-order chi connectivity index (χ0) is 23.2. The lowest BCUT2D eigenvalue weighted by Gasteiger charge is -2.26. The van der Waals surface area contributed by atoms with Gasteiger partial charge in [-0.2, -0.15) is 0 Å². The van der Waals surface area contributed by atoms with Gasteiger partial charge in [0.2, 0.25) is 0 Å². The van der Waals surface area contributed by atoms with Gasteiger partial charge in [0.1, 0.15) is 19.2 Å². The summed E-state index contributed by atoms with van der Waals surface area (Å²) in [5, 5.41) is 12.1. The monoisotopic (exact) mass is 453 g/mol. The molecular weight excluding hydrogens is 420 g/mol. The molecule has 2 aliphatic heterocycles. The van der Waals surface area contributed by atoms with Crippen molar-refractivity contribution in [1.82, 2.24) is 15.6 Å². The minimum absolute atomic E-state index is 0.0679. The zero-order valence-electron chi connectivity index (χ0n) is 19.2. The van der Waals surface area contributed by atoms with Crippen molar-refractivity contribution in [1.29, 1.82) is 0 Å². The number of fused-ring (bicyclic) bond motifs is 1. The number of aromatic nitrogens is 1. The molecule has 1 fully saturated rings. The Hall–Kier alpha value is -2.64. The van der Waals surface area contributed by atoms with E-state index in [-0.39, 0.29) is 6.04 Å². The molecule has 2 aromatic rings. The van der Waals surface area contributed by atoms with Crippen LogP contribution in [0.4, 0.5) is 14.6 Å². The minimum atomic E-state index is -0.779. The molecule has 0 amide bonds. The Morgan fingerprint density at radius 3 is 2.76 bits per heavy atom. The van der Waals surface area contributed by atoms with Crippen LogP contribution in [0.2, 0.25) is 0 Å². The maximum atomic E-state index is 13.2. The van der Waals surface area contributed by atoms with Crippen LogP contribution >= 0.6 is 0 Å². The summed E-state index contributed by atoms with van der Waals surface area (Å²) < 4.78 is 26.3. The van der Waals surface area contributed by atoms with E-state index in [1.807, 2.05) is 25.4 Å². The molecule has 4 rings (SSSR count). The lowest BCUT2D eigenvalue weighted by atomic mass is 10.00. The van der Waals surface area contributed by atoms with E-state index in [4.69, 9.17) is 0 Å². The maximum absolute atomic E-state index is 13.2. The highest BCUT2D eigenvalue weighted by Crippen LogP contribution is 2.28. The van der Waals surface area contributed by atoms with E-state index < -0.39 is 19.4 Å². The molecule has 176 valence electrons. The second-order valence-corrected chi connectivity index (χ2v) is 9.16. The van der Waals surface area contributed by atoms with Crippen LogP contribution in [0.15, 0.2) is 53.9 Å². The van der Waals surface area contributed by atoms with Gasteiger partial charge in [0.15, 0.2) is 0 Å². The van der Waals surface area contributed by atoms with Crippen LogP contribution in [0.1, 0.15) is 44.6 Å². The number of hydrogen-bond donors (Lipinski definition) is 3. The number of allylic oxidation sites excluding steroid dienone is 1. The van der Waals surface area contributed by atoms with Crippen LogP contribution < -0.4 is 16.0 Å². The summed E-state index contributed by atoms with van der Waals surface area (Å²) in [4.78, 5) is 8.92. The smallest absolute Gasteiger partial charge is 0.130 e. The van der Waals surface area contributed by atoms with Gasteiger partial charge in [-0.25, -0.2) is 13.8 Å². The van der Waals surface area contributed by atoms with Gasteiger partial charge in [-0.1, -0.05) is 18.7 Å². The standard InChI is InChI=1S/C26H33F2N5/c1-17-8-22(16-30-17)19-5-6-20-15-31-26(11-21(20)10-19)32-18(2)9-24(33-25(13-27)14-28)12-23-4-3-7-29-23/h5-6,10-11,15-16,23-25,29,33H,2-4,7-9,12-14H2,1H3,(H,31,32). The van der Waals surface area contributed by atoms with E-state index >= 15 is 0 Å². The van der Waals surface area contributed by atoms with Crippen molar-refractivity contribution in [2.75, 3.05) is 25.2 Å². The number of anilines is 1. The number of alkyl halides is 2. The third-order valence-corrected chi connectivity index (χ3v) is 6.35.